The lowest BCUT2D eigenvalue weighted by atomic mass is 9.99. The van der Waals surface area contributed by atoms with Crippen LogP contribution in [-0.4, -0.2) is 29.1 Å². The van der Waals surface area contributed by atoms with Gasteiger partial charge in [0.2, 0.25) is 0 Å². The lowest BCUT2D eigenvalue weighted by Crippen LogP contribution is -2.28. The van der Waals surface area contributed by atoms with Crippen LogP contribution in [0.2, 0.25) is 5.02 Å². The summed E-state index contributed by atoms with van der Waals surface area (Å²) in [6.45, 7) is -0.106. The van der Waals surface area contributed by atoms with Crippen LogP contribution in [0.15, 0.2) is 18.2 Å². The zero-order valence-corrected chi connectivity index (χ0v) is 8.69. The summed E-state index contributed by atoms with van der Waals surface area (Å²) in [4.78, 5) is 10.7. The molecular formula is C10H12ClNO3. The summed E-state index contributed by atoms with van der Waals surface area (Å²) in [5, 5.41) is 19.3. The molecule has 0 aliphatic rings. The van der Waals surface area contributed by atoms with Crippen LogP contribution >= 0.6 is 11.6 Å². The highest BCUT2D eigenvalue weighted by molar-refractivity contribution is 6.31. The van der Waals surface area contributed by atoms with E-state index in [1.54, 1.807) is 6.07 Å². The van der Waals surface area contributed by atoms with E-state index in [1.807, 2.05) is 0 Å². The topological polar surface area (TPSA) is 83.6 Å². The SMILES string of the molecule is NCC(O)C(O)c1c(Cl)cccc1C=O. The quantitative estimate of drug-likeness (QED) is 0.657. The minimum absolute atomic E-state index is 0.106. The maximum Gasteiger partial charge on any atom is 0.150 e. The second-order valence-corrected chi connectivity index (χ2v) is 3.52. The number of aliphatic hydroxyl groups is 2. The largest absolute Gasteiger partial charge is 0.389 e. The standard InChI is InChI=1S/C10H12ClNO3/c11-7-3-1-2-6(5-13)9(7)10(15)8(14)4-12/h1-3,5,8,10,14-15H,4,12H2. The van der Waals surface area contributed by atoms with E-state index in [-0.39, 0.29) is 22.7 Å². The van der Waals surface area contributed by atoms with E-state index in [4.69, 9.17) is 17.3 Å². The van der Waals surface area contributed by atoms with Crippen molar-refractivity contribution >= 4 is 17.9 Å². The number of rotatable bonds is 4. The molecule has 0 fully saturated rings. The molecule has 0 radical (unpaired) electrons. The normalized spacial score (nSPS) is 14.7. The predicted octanol–water partition coefficient (Wildman–Crippen LogP) is 0.506. The van der Waals surface area contributed by atoms with Gasteiger partial charge in [-0.3, -0.25) is 4.79 Å². The molecule has 0 aromatic heterocycles. The Kier molecular flexibility index (Phi) is 4.23. The van der Waals surface area contributed by atoms with Crippen molar-refractivity contribution in [3.63, 3.8) is 0 Å². The first kappa shape index (κ1) is 12.1. The zero-order chi connectivity index (χ0) is 11.4. The third kappa shape index (κ3) is 2.54. The number of aldehydes is 1. The highest BCUT2D eigenvalue weighted by Crippen LogP contribution is 2.27. The van der Waals surface area contributed by atoms with Gasteiger partial charge in [-0.15, -0.1) is 0 Å². The molecule has 0 saturated heterocycles. The number of nitrogens with two attached hydrogens (primary N) is 1. The van der Waals surface area contributed by atoms with Crippen molar-refractivity contribution in [2.75, 3.05) is 6.54 Å². The third-order valence-electron chi connectivity index (χ3n) is 2.12. The highest BCUT2D eigenvalue weighted by atomic mass is 35.5. The average Bonchev–Trinajstić information content (AvgIpc) is 2.26. The van der Waals surface area contributed by atoms with Crippen LogP contribution in [0.25, 0.3) is 0 Å². The Balaban J connectivity index is 3.16. The van der Waals surface area contributed by atoms with Gasteiger partial charge < -0.3 is 15.9 Å². The fourth-order valence-corrected chi connectivity index (χ4v) is 1.58. The molecule has 4 N–H and O–H groups in total. The lowest BCUT2D eigenvalue weighted by molar-refractivity contribution is 0.0240. The van der Waals surface area contributed by atoms with Crippen LogP contribution in [0.4, 0.5) is 0 Å². The maximum absolute atomic E-state index is 10.7. The van der Waals surface area contributed by atoms with E-state index in [2.05, 4.69) is 0 Å². The minimum Gasteiger partial charge on any atom is -0.389 e. The smallest absolute Gasteiger partial charge is 0.150 e. The predicted molar refractivity (Wildman–Crippen MR) is 56.9 cm³/mol. The van der Waals surface area contributed by atoms with Crippen LogP contribution in [0, 0.1) is 0 Å². The van der Waals surface area contributed by atoms with Gasteiger partial charge in [0.25, 0.3) is 0 Å². The van der Waals surface area contributed by atoms with Crippen molar-refractivity contribution in [1.82, 2.24) is 0 Å². The van der Waals surface area contributed by atoms with Crippen molar-refractivity contribution in [3.05, 3.63) is 34.3 Å². The van der Waals surface area contributed by atoms with Crippen LogP contribution in [0.1, 0.15) is 22.0 Å². The third-order valence-corrected chi connectivity index (χ3v) is 2.44. The van der Waals surface area contributed by atoms with Crippen molar-refractivity contribution in [1.29, 1.82) is 0 Å². The molecule has 2 atom stereocenters. The number of benzene rings is 1. The second-order valence-electron chi connectivity index (χ2n) is 3.11. The van der Waals surface area contributed by atoms with Crippen LogP contribution in [0.5, 0.6) is 0 Å². The van der Waals surface area contributed by atoms with Crippen molar-refractivity contribution < 1.29 is 15.0 Å². The van der Waals surface area contributed by atoms with E-state index < -0.39 is 12.2 Å². The fourth-order valence-electron chi connectivity index (χ4n) is 1.29. The minimum atomic E-state index is -1.25. The molecule has 0 saturated carbocycles. The van der Waals surface area contributed by atoms with E-state index in [0.717, 1.165) is 0 Å². The number of carbonyl (C=O) groups is 1. The van der Waals surface area contributed by atoms with Gasteiger partial charge in [0.15, 0.2) is 0 Å². The molecule has 0 spiro atoms. The molecule has 4 nitrogen and oxygen atoms in total. The number of aliphatic hydroxyl groups excluding tert-OH is 2. The number of hydrogen-bond donors (Lipinski definition) is 3. The van der Waals surface area contributed by atoms with Gasteiger partial charge in [0.05, 0.1) is 6.10 Å². The van der Waals surface area contributed by atoms with Crippen molar-refractivity contribution in [2.24, 2.45) is 5.73 Å². The molecular weight excluding hydrogens is 218 g/mol. The number of halogens is 1. The molecule has 1 aromatic rings. The van der Waals surface area contributed by atoms with E-state index in [0.29, 0.717) is 6.29 Å². The van der Waals surface area contributed by atoms with Gasteiger partial charge in [0, 0.05) is 22.7 Å². The molecule has 0 amide bonds. The van der Waals surface area contributed by atoms with Crippen LogP contribution in [0.3, 0.4) is 0 Å². The Bertz CT molecular complexity index is 357. The Morgan fingerprint density at radius 2 is 2.13 bits per heavy atom. The van der Waals surface area contributed by atoms with Gasteiger partial charge in [-0.05, 0) is 6.07 Å². The van der Waals surface area contributed by atoms with Crippen molar-refractivity contribution in [2.45, 2.75) is 12.2 Å². The molecule has 1 aromatic carbocycles. The average molecular weight is 230 g/mol. The van der Waals surface area contributed by atoms with Gasteiger partial charge in [-0.25, -0.2) is 0 Å². The Morgan fingerprint density at radius 1 is 1.47 bits per heavy atom. The molecule has 82 valence electrons. The summed E-state index contributed by atoms with van der Waals surface area (Å²) in [7, 11) is 0. The Hall–Kier alpha value is -0.940. The van der Waals surface area contributed by atoms with E-state index in [9.17, 15) is 15.0 Å². The number of carbonyl (C=O) groups excluding carboxylic acids is 1. The fraction of sp³-hybridized carbons (Fsp3) is 0.300. The molecule has 2 unspecified atom stereocenters. The molecule has 15 heavy (non-hydrogen) atoms. The van der Waals surface area contributed by atoms with Gasteiger partial charge >= 0.3 is 0 Å². The van der Waals surface area contributed by atoms with Gasteiger partial charge in [-0.2, -0.15) is 0 Å². The Labute approximate surface area is 92.3 Å². The number of hydrogen-bond acceptors (Lipinski definition) is 4. The summed E-state index contributed by atoms with van der Waals surface area (Å²) in [5.41, 5.74) is 5.68. The summed E-state index contributed by atoms with van der Waals surface area (Å²) in [6, 6.07) is 4.65. The van der Waals surface area contributed by atoms with Gasteiger partial charge in [-0.1, -0.05) is 23.7 Å². The van der Waals surface area contributed by atoms with Crippen LogP contribution < -0.4 is 5.73 Å². The molecule has 0 aliphatic heterocycles. The van der Waals surface area contributed by atoms with Crippen molar-refractivity contribution in [3.8, 4) is 0 Å². The second kappa shape index (κ2) is 5.23. The summed E-state index contributed by atoms with van der Waals surface area (Å²) >= 11 is 5.83. The molecule has 0 bridgehead atoms. The van der Waals surface area contributed by atoms with E-state index >= 15 is 0 Å². The summed E-state index contributed by atoms with van der Waals surface area (Å²) in [5.74, 6) is 0. The first-order chi connectivity index (χ1) is 7.11. The maximum atomic E-state index is 10.7. The summed E-state index contributed by atoms with van der Waals surface area (Å²) in [6.07, 6.45) is -1.80. The molecule has 0 aliphatic carbocycles. The Morgan fingerprint density at radius 3 is 2.67 bits per heavy atom. The lowest BCUT2D eigenvalue weighted by Gasteiger charge is -2.19. The molecule has 5 heteroatoms. The monoisotopic (exact) mass is 229 g/mol. The van der Waals surface area contributed by atoms with E-state index in [1.165, 1.54) is 12.1 Å². The first-order valence-electron chi connectivity index (χ1n) is 4.41. The summed E-state index contributed by atoms with van der Waals surface area (Å²) < 4.78 is 0. The molecule has 1 rings (SSSR count). The van der Waals surface area contributed by atoms with Crippen LogP contribution in [-0.2, 0) is 0 Å². The molecule has 0 heterocycles. The highest BCUT2D eigenvalue weighted by Gasteiger charge is 2.22. The zero-order valence-electron chi connectivity index (χ0n) is 7.93. The van der Waals surface area contributed by atoms with Gasteiger partial charge in [0.1, 0.15) is 12.4 Å². The first-order valence-corrected chi connectivity index (χ1v) is 4.79.